The highest BCUT2D eigenvalue weighted by Gasteiger charge is 2.39. The summed E-state index contributed by atoms with van der Waals surface area (Å²) >= 11 is 0. The summed E-state index contributed by atoms with van der Waals surface area (Å²) in [4.78, 5) is 2.25. The number of hydrogen-bond acceptors (Lipinski definition) is 5. The fourth-order valence-corrected chi connectivity index (χ4v) is 4.46. The SMILES string of the molecule is CN(C)Cc1ccc(S(=O)(=O)N2C[C@@H](O)[C@H](Oc3ccccc3)C2)cc1. The molecule has 2 aromatic carbocycles. The summed E-state index contributed by atoms with van der Waals surface area (Å²) in [6.45, 7) is 0.896. The van der Waals surface area contributed by atoms with E-state index in [2.05, 4.69) is 0 Å². The fraction of sp³-hybridized carbons (Fsp3) is 0.368. The Bertz CT molecular complexity index is 822. The molecule has 1 saturated heterocycles. The van der Waals surface area contributed by atoms with Gasteiger partial charge in [0.05, 0.1) is 11.4 Å². The van der Waals surface area contributed by atoms with Crippen molar-refractivity contribution in [2.45, 2.75) is 23.6 Å². The predicted octanol–water partition coefficient (Wildman–Crippen LogP) is 1.56. The first-order valence-electron chi connectivity index (χ1n) is 8.50. The Hall–Kier alpha value is -1.93. The summed E-state index contributed by atoms with van der Waals surface area (Å²) in [5, 5.41) is 10.2. The van der Waals surface area contributed by atoms with Gasteiger partial charge in [0.25, 0.3) is 0 Å². The van der Waals surface area contributed by atoms with Gasteiger partial charge in [-0.15, -0.1) is 0 Å². The molecule has 2 aromatic rings. The highest BCUT2D eigenvalue weighted by atomic mass is 32.2. The van der Waals surface area contributed by atoms with Crippen LogP contribution in [0.2, 0.25) is 0 Å². The Balaban J connectivity index is 1.71. The van der Waals surface area contributed by atoms with Crippen molar-refractivity contribution in [3.05, 3.63) is 60.2 Å². The zero-order chi connectivity index (χ0) is 18.7. The van der Waals surface area contributed by atoms with E-state index in [4.69, 9.17) is 4.74 Å². The van der Waals surface area contributed by atoms with Crippen molar-refractivity contribution in [1.29, 1.82) is 0 Å². The van der Waals surface area contributed by atoms with Crippen LogP contribution < -0.4 is 4.74 Å². The summed E-state index contributed by atoms with van der Waals surface area (Å²) in [6.07, 6.45) is -1.45. The Kier molecular flexibility index (Phi) is 5.62. The number of β-amino-alcohol motifs (C(OH)–C–C–N with tert-alkyl or cyclic N) is 1. The molecule has 6 nitrogen and oxygen atoms in total. The van der Waals surface area contributed by atoms with Crippen molar-refractivity contribution in [2.24, 2.45) is 0 Å². The van der Waals surface area contributed by atoms with Crippen LogP contribution >= 0.6 is 0 Å². The fourth-order valence-electron chi connectivity index (χ4n) is 2.99. The standard InChI is InChI=1S/C19H24N2O4S/c1-20(2)12-15-8-10-17(11-9-15)26(23,24)21-13-18(22)19(14-21)25-16-6-4-3-5-7-16/h3-11,18-19,22H,12-14H2,1-2H3/t18-,19-/m1/s1. The molecule has 0 amide bonds. The molecule has 0 unspecified atom stereocenters. The zero-order valence-electron chi connectivity index (χ0n) is 14.9. The Labute approximate surface area is 154 Å². The van der Waals surface area contributed by atoms with Gasteiger partial charge in [-0.1, -0.05) is 30.3 Å². The maximum absolute atomic E-state index is 12.9. The predicted molar refractivity (Wildman–Crippen MR) is 99.5 cm³/mol. The van der Waals surface area contributed by atoms with E-state index in [1.807, 2.05) is 49.3 Å². The van der Waals surface area contributed by atoms with Crippen LogP contribution in [-0.2, 0) is 16.6 Å². The number of sulfonamides is 1. The van der Waals surface area contributed by atoms with Gasteiger partial charge in [-0.05, 0) is 43.9 Å². The molecule has 1 fully saturated rings. The molecule has 0 saturated carbocycles. The lowest BCUT2D eigenvalue weighted by atomic mass is 10.2. The second kappa shape index (κ2) is 7.75. The average Bonchev–Trinajstić information content (AvgIpc) is 2.97. The molecule has 0 bridgehead atoms. The summed E-state index contributed by atoms with van der Waals surface area (Å²) in [7, 11) is 0.261. The van der Waals surface area contributed by atoms with E-state index in [9.17, 15) is 13.5 Å². The third-order valence-electron chi connectivity index (χ3n) is 4.29. The highest BCUT2D eigenvalue weighted by molar-refractivity contribution is 7.89. The average molecular weight is 376 g/mol. The zero-order valence-corrected chi connectivity index (χ0v) is 15.8. The summed E-state index contributed by atoms with van der Waals surface area (Å²) in [5.74, 6) is 0.615. The third-order valence-corrected chi connectivity index (χ3v) is 6.14. The van der Waals surface area contributed by atoms with E-state index in [1.165, 1.54) is 4.31 Å². The quantitative estimate of drug-likeness (QED) is 0.829. The monoisotopic (exact) mass is 376 g/mol. The highest BCUT2D eigenvalue weighted by Crippen LogP contribution is 2.25. The van der Waals surface area contributed by atoms with E-state index in [0.717, 1.165) is 12.1 Å². The number of ether oxygens (including phenoxy) is 1. The molecule has 1 heterocycles. The number of rotatable bonds is 6. The lowest BCUT2D eigenvalue weighted by molar-refractivity contribution is 0.0737. The topological polar surface area (TPSA) is 70.1 Å². The third kappa shape index (κ3) is 4.24. The van der Waals surface area contributed by atoms with Crippen molar-refractivity contribution in [2.75, 3.05) is 27.2 Å². The summed E-state index contributed by atoms with van der Waals surface area (Å²) in [6, 6.07) is 16.0. The number of aliphatic hydroxyl groups is 1. The molecule has 1 aliphatic heterocycles. The van der Waals surface area contributed by atoms with Crippen molar-refractivity contribution in [3.8, 4) is 5.75 Å². The van der Waals surface area contributed by atoms with Gasteiger partial charge in [0, 0.05) is 13.1 Å². The first kappa shape index (κ1) is 18.8. The Morgan fingerprint density at radius 1 is 1.08 bits per heavy atom. The van der Waals surface area contributed by atoms with Gasteiger partial charge in [0.1, 0.15) is 18.0 Å². The van der Waals surface area contributed by atoms with E-state index in [-0.39, 0.29) is 18.0 Å². The summed E-state index contributed by atoms with van der Waals surface area (Å²) in [5.41, 5.74) is 1.04. The minimum atomic E-state index is -3.66. The van der Waals surface area contributed by atoms with Crippen molar-refractivity contribution in [3.63, 3.8) is 0 Å². The molecule has 26 heavy (non-hydrogen) atoms. The van der Waals surface area contributed by atoms with Gasteiger partial charge in [-0.3, -0.25) is 0 Å². The van der Waals surface area contributed by atoms with Crippen molar-refractivity contribution in [1.82, 2.24) is 9.21 Å². The van der Waals surface area contributed by atoms with Gasteiger partial charge < -0.3 is 14.7 Å². The van der Waals surface area contributed by atoms with E-state index < -0.39 is 22.2 Å². The van der Waals surface area contributed by atoms with Crippen LogP contribution in [0.1, 0.15) is 5.56 Å². The first-order chi connectivity index (χ1) is 12.4. The smallest absolute Gasteiger partial charge is 0.243 e. The Morgan fingerprint density at radius 3 is 2.35 bits per heavy atom. The molecule has 0 aromatic heterocycles. The van der Waals surface area contributed by atoms with Crippen LogP contribution in [0, 0.1) is 0 Å². The molecule has 3 rings (SSSR count). The van der Waals surface area contributed by atoms with Crippen LogP contribution in [0.4, 0.5) is 0 Å². The molecule has 2 atom stereocenters. The van der Waals surface area contributed by atoms with E-state index >= 15 is 0 Å². The van der Waals surface area contributed by atoms with Crippen LogP contribution in [0.15, 0.2) is 59.5 Å². The molecule has 1 aliphatic rings. The second-order valence-electron chi connectivity index (χ2n) is 6.74. The van der Waals surface area contributed by atoms with E-state index in [0.29, 0.717) is 5.75 Å². The second-order valence-corrected chi connectivity index (χ2v) is 8.68. The molecule has 1 N–H and O–H groups in total. The van der Waals surface area contributed by atoms with Crippen LogP contribution in [0.25, 0.3) is 0 Å². The van der Waals surface area contributed by atoms with Crippen LogP contribution in [-0.4, -0.2) is 62.1 Å². The normalized spacial score (nSPS) is 21.2. The number of aliphatic hydroxyl groups excluding tert-OH is 1. The van der Waals surface area contributed by atoms with Crippen molar-refractivity contribution < 1.29 is 18.3 Å². The lowest BCUT2D eigenvalue weighted by Gasteiger charge is -2.17. The van der Waals surface area contributed by atoms with Gasteiger partial charge in [0.2, 0.25) is 10.0 Å². The molecule has 7 heteroatoms. The molecular formula is C19H24N2O4S. The number of nitrogens with zero attached hydrogens (tertiary/aromatic N) is 2. The molecule has 0 spiro atoms. The maximum Gasteiger partial charge on any atom is 0.243 e. The largest absolute Gasteiger partial charge is 0.486 e. The first-order valence-corrected chi connectivity index (χ1v) is 9.94. The molecule has 0 aliphatic carbocycles. The summed E-state index contributed by atoms with van der Waals surface area (Å²) < 4.78 is 32.8. The van der Waals surface area contributed by atoms with Crippen molar-refractivity contribution >= 4 is 10.0 Å². The van der Waals surface area contributed by atoms with Gasteiger partial charge >= 0.3 is 0 Å². The molecular weight excluding hydrogens is 352 g/mol. The molecule has 0 radical (unpaired) electrons. The van der Waals surface area contributed by atoms with Gasteiger partial charge in [0.15, 0.2) is 0 Å². The van der Waals surface area contributed by atoms with Gasteiger partial charge in [-0.25, -0.2) is 8.42 Å². The van der Waals surface area contributed by atoms with Crippen LogP contribution in [0.5, 0.6) is 5.75 Å². The minimum absolute atomic E-state index is 0.0271. The lowest BCUT2D eigenvalue weighted by Crippen LogP contribution is -2.31. The Morgan fingerprint density at radius 2 is 1.73 bits per heavy atom. The maximum atomic E-state index is 12.9. The minimum Gasteiger partial charge on any atom is -0.486 e. The van der Waals surface area contributed by atoms with Crippen LogP contribution in [0.3, 0.4) is 0 Å². The number of benzene rings is 2. The molecule has 140 valence electrons. The van der Waals surface area contributed by atoms with Gasteiger partial charge in [-0.2, -0.15) is 4.31 Å². The van der Waals surface area contributed by atoms with E-state index in [1.54, 1.807) is 24.3 Å². The number of para-hydroxylation sites is 1. The number of hydrogen-bond donors (Lipinski definition) is 1.